The molecule has 0 aliphatic rings. The van der Waals surface area contributed by atoms with E-state index in [9.17, 15) is 4.39 Å². The Balaban J connectivity index is 0.000000192. The third kappa shape index (κ3) is 6.64. The first kappa shape index (κ1) is 29.9. The molecule has 6 heteroatoms. The van der Waals surface area contributed by atoms with E-state index in [-0.39, 0.29) is 25.9 Å². The maximum atomic E-state index is 13.5. The van der Waals surface area contributed by atoms with Crippen LogP contribution in [0.1, 0.15) is 25.3 Å². The SMILES string of the molecule is CC(C)c1ccnc(-c2[c-]ccc3c2sc2cc(F)ccc23)c1.C[Si](C)(C)c1ccc(-c2[c-]cccc2)nc1.[Ir]. The van der Waals surface area contributed by atoms with Gasteiger partial charge in [-0.1, -0.05) is 68.7 Å². The molecule has 3 aromatic carbocycles. The quantitative estimate of drug-likeness (QED) is 0.133. The van der Waals surface area contributed by atoms with Gasteiger partial charge in [0.25, 0.3) is 0 Å². The van der Waals surface area contributed by atoms with Gasteiger partial charge in [0, 0.05) is 37.2 Å². The van der Waals surface area contributed by atoms with Crippen molar-refractivity contribution in [1.29, 1.82) is 0 Å². The third-order valence-electron chi connectivity index (χ3n) is 6.72. The van der Waals surface area contributed by atoms with Crippen LogP contribution in [0.3, 0.4) is 0 Å². The van der Waals surface area contributed by atoms with Crippen LogP contribution in [-0.4, -0.2) is 18.0 Å². The number of pyridine rings is 2. The number of hydrogen-bond donors (Lipinski definition) is 0. The van der Waals surface area contributed by atoms with Gasteiger partial charge < -0.3 is 9.97 Å². The molecule has 0 aliphatic heterocycles. The summed E-state index contributed by atoms with van der Waals surface area (Å²) in [6.45, 7) is 11.3. The molecule has 0 unspecified atom stereocenters. The first-order chi connectivity index (χ1) is 18.7. The first-order valence-electron chi connectivity index (χ1n) is 13.1. The molecule has 205 valence electrons. The van der Waals surface area contributed by atoms with Crippen molar-refractivity contribution in [1.82, 2.24) is 9.97 Å². The van der Waals surface area contributed by atoms with Crippen LogP contribution in [0.15, 0.2) is 91.3 Å². The van der Waals surface area contributed by atoms with E-state index >= 15 is 0 Å². The minimum atomic E-state index is -1.23. The predicted molar refractivity (Wildman–Crippen MR) is 167 cm³/mol. The summed E-state index contributed by atoms with van der Waals surface area (Å²) >= 11 is 1.60. The fraction of sp³-hybridized carbons (Fsp3) is 0.176. The number of aromatic nitrogens is 2. The molecule has 0 spiro atoms. The van der Waals surface area contributed by atoms with Gasteiger partial charge >= 0.3 is 0 Å². The smallest absolute Gasteiger partial charge is 0.124 e. The van der Waals surface area contributed by atoms with E-state index in [0.717, 1.165) is 42.7 Å². The first-order valence-corrected chi connectivity index (χ1v) is 17.4. The van der Waals surface area contributed by atoms with Gasteiger partial charge in [0.15, 0.2) is 0 Å². The normalized spacial score (nSPS) is 11.3. The van der Waals surface area contributed by atoms with Gasteiger partial charge in [0.1, 0.15) is 5.82 Å². The van der Waals surface area contributed by atoms with Crippen LogP contribution in [-0.2, 0) is 20.1 Å². The zero-order valence-corrected chi connectivity index (χ0v) is 27.5. The summed E-state index contributed by atoms with van der Waals surface area (Å²) in [5.41, 5.74) is 5.24. The molecule has 3 heterocycles. The van der Waals surface area contributed by atoms with Crippen molar-refractivity contribution >= 4 is 44.8 Å². The number of fused-ring (bicyclic) bond motifs is 3. The molecule has 0 bridgehead atoms. The van der Waals surface area contributed by atoms with Gasteiger partial charge in [0.05, 0.1) is 8.07 Å². The third-order valence-corrected chi connectivity index (χ3v) is 9.93. The Labute approximate surface area is 254 Å². The summed E-state index contributed by atoms with van der Waals surface area (Å²) in [4.78, 5) is 9.05. The molecular weight excluding hydrogens is 708 g/mol. The Morgan fingerprint density at radius 3 is 2.33 bits per heavy atom. The fourth-order valence-corrected chi connectivity index (χ4v) is 6.67. The Kier molecular flexibility index (Phi) is 9.47. The minimum absolute atomic E-state index is 0. The number of thiophene rings is 1. The molecule has 0 N–H and O–H groups in total. The summed E-state index contributed by atoms with van der Waals surface area (Å²) in [5.74, 6) is 0.252. The number of rotatable bonds is 4. The van der Waals surface area contributed by atoms with Crippen molar-refractivity contribution in [3.05, 3.63) is 115 Å². The summed E-state index contributed by atoms with van der Waals surface area (Å²) in [6.07, 6.45) is 3.87. The molecule has 0 aliphatic carbocycles. The molecule has 3 aromatic heterocycles. The molecule has 1 radical (unpaired) electrons. The fourth-order valence-electron chi connectivity index (χ4n) is 4.40. The standard InChI is InChI=1S/C20H15FNS.C14H16NSi.Ir/c1-12(2)13-8-9-22-18(10-13)17-5-3-4-16-15-7-6-14(21)11-19(15)23-20(16)17;1-16(2,3)13-9-10-14(15-11-13)12-7-5-4-6-8-12;/h3-4,6-12H,1-2H3;4-7,9-11H,1-3H3;/q2*-1;. The second-order valence-corrected chi connectivity index (χ2v) is 17.1. The zero-order chi connectivity index (χ0) is 27.6. The maximum Gasteiger partial charge on any atom is 0.124 e. The minimum Gasteiger partial charge on any atom is -0.305 e. The Morgan fingerprint density at radius 2 is 1.65 bits per heavy atom. The van der Waals surface area contributed by atoms with Crippen molar-refractivity contribution in [3.8, 4) is 22.5 Å². The second kappa shape index (κ2) is 12.7. The van der Waals surface area contributed by atoms with Crippen LogP contribution in [0.25, 0.3) is 42.7 Å². The van der Waals surface area contributed by atoms with Gasteiger partial charge in [-0.2, -0.15) is 11.3 Å². The summed E-state index contributed by atoms with van der Waals surface area (Å²) < 4.78 is 15.6. The van der Waals surface area contributed by atoms with E-state index in [4.69, 9.17) is 0 Å². The average molecular weight is 739 g/mol. The predicted octanol–water partition coefficient (Wildman–Crippen LogP) is 9.27. The average Bonchev–Trinajstić information content (AvgIpc) is 3.31. The molecule has 6 aromatic rings. The largest absolute Gasteiger partial charge is 0.305 e. The molecule has 0 atom stereocenters. The maximum absolute atomic E-state index is 13.5. The number of nitrogens with zero attached hydrogens (tertiary/aromatic N) is 2. The molecule has 0 fully saturated rings. The Hall–Kier alpha value is -3.02. The molecule has 0 amide bonds. The van der Waals surface area contributed by atoms with E-state index in [1.807, 2.05) is 54.9 Å². The molecule has 40 heavy (non-hydrogen) atoms. The van der Waals surface area contributed by atoms with E-state index in [2.05, 4.69) is 79.9 Å². The van der Waals surface area contributed by atoms with Crippen LogP contribution in [0, 0.1) is 17.9 Å². The van der Waals surface area contributed by atoms with Gasteiger partial charge in [-0.3, -0.25) is 0 Å². The van der Waals surface area contributed by atoms with Crippen molar-refractivity contribution in [2.45, 2.75) is 39.4 Å². The van der Waals surface area contributed by atoms with Crippen molar-refractivity contribution in [2.75, 3.05) is 0 Å². The molecule has 0 saturated carbocycles. The number of benzene rings is 3. The molecular formula is C34H31FIrN2SSi-2. The van der Waals surface area contributed by atoms with E-state index in [1.54, 1.807) is 17.4 Å². The van der Waals surface area contributed by atoms with E-state index in [1.165, 1.54) is 16.8 Å². The number of hydrogen-bond acceptors (Lipinski definition) is 3. The van der Waals surface area contributed by atoms with Crippen molar-refractivity contribution in [2.24, 2.45) is 0 Å². The Morgan fingerprint density at radius 1 is 0.825 bits per heavy atom. The van der Waals surface area contributed by atoms with Crippen LogP contribution in [0.5, 0.6) is 0 Å². The van der Waals surface area contributed by atoms with Gasteiger partial charge in [-0.05, 0) is 50.8 Å². The van der Waals surface area contributed by atoms with Crippen molar-refractivity contribution < 1.29 is 24.5 Å². The van der Waals surface area contributed by atoms with Gasteiger partial charge in [-0.15, -0.1) is 59.7 Å². The van der Waals surface area contributed by atoms with Crippen LogP contribution < -0.4 is 5.19 Å². The summed E-state index contributed by atoms with van der Waals surface area (Å²) in [5, 5.41) is 3.62. The van der Waals surface area contributed by atoms with Crippen LogP contribution in [0.2, 0.25) is 19.6 Å². The van der Waals surface area contributed by atoms with Gasteiger partial charge in [0.2, 0.25) is 0 Å². The zero-order valence-electron chi connectivity index (χ0n) is 23.3. The summed E-state index contributed by atoms with van der Waals surface area (Å²) in [7, 11) is -1.23. The van der Waals surface area contributed by atoms with Crippen LogP contribution in [0.4, 0.5) is 4.39 Å². The van der Waals surface area contributed by atoms with Gasteiger partial charge in [-0.25, -0.2) is 4.39 Å². The van der Waals surface area contributed by atoms with E-state index < -0.39 is 8.07 Å². The topological polar surface area (TPSA) is 25.8 Å². The van der Waals surface area contributed by atoms with Crippen molar-refractivity contribution in [3.63, 3.8) is 0 Å². The molecule has 0 saturated heterocycles. The van der Waals surface area contributed by atoms with Crippen LogP contribution >= 0.6 is 11.3 Å². The summed E-state index contributed by atoms with van der Waals surface area (Å²) in [6, 6.07) is 31.9. The number of halogens is 1. The molecule has 2 nitrogen and oxygen atoms in total. The monoisotopic (exact) mass is 739 g/mol. The second-order valence-electron chi connectivity index (χ2n) is 10.9. The Bertz CT molecular complexity index is 1730. The molecule has 6 rings (SSSR count). The van der Waals surface area contributed by atoms with E-state index in [0.29, 0.717) is 5.92 Å².